The van der Waals surface area contributed by atoms with Crippen molar-refractivity contribution in [2.45, 2.75) is 13.5 Å². The van der Waals surface area contributed by atoms with Crippen LogP contribution in [0.5, 0.6) is 0 Å². The van der Waals surface area contributed by atoms with Gasteiger partial charge in [0, 0.05) is 12.7 Å². The fourth-order valence-corrected chi connectivity index (χ4v) is 1.39. The zero-order valence-electron chi connectivity index (χ0n) is 7.64. The van der Waals surface area contributed by atoms with Crippen molar-refractivity contribution in [1.29, 1.82) is 0 Å². The van der Waals surface area contributed by atoms with Crippen LogP contribution < -0.4 is 0 Å². The van der Waals surface area contributed by atoms with Crippen LogP contribution in [-0.4, -0.2) is 25.8 Å². The van der Waals surface area contributed by atoms with Gasteiger partial charge in [-0.15, -0.1) is 0 Å². The number of hydrogen-bond acceptors (Lipinski definition) is 3. The number of nitrogens with zero attached hydrogens (tertiary/aromatic N) is 3. The fraction of sp³-hybridized carbons (Fsp3) is 0.222. The summed E-state index contributed by atoms with van der Waals surface area (Å²) >= 11 is 0. The van der Waals surface area contributed by atoms with Gasteiger partial charge < -0.3 is 5.11 Å². The number of carboxylic acids is 1. The van der Waals surface area contributed by atoms with Crippen LogP contribution in [0.2, 0.25) is 0 Å². The molecule has 14 heavy (non-hydrogen) atoms. The SMILES string of the molecule is CCn1nc(C(=O)O)c2ncccc21. The van der Waals surface area contributed by atoms with Crippen LogP contribution in [0.3, 0.4) is 0 Å². The molecule has 0 saturated heterocycles. The minimum Gasteiger partial charge on any atom is -0.476 e. The molecule has 1 N–H and O–H groups in total. The van der Waals surface area contributed by atoms with Crippen molar-refractivity contribution < 1.29 is 9.90 Å². The lowest BCUT2D eigenvalue weighted by molar-refractivity contribution is 0.0691. The monoisotopic (exact) mass is 191 g/mol. The molecule has 0 aliphatic carbocycles. The smallest absolute Gasteiger partial charge is 0.358 e. The van der Waals surface area contributed by atoms with Crippen LogP contribution in [-0.2, 0) is 6.54 Å². The molecule has 2 heterocycles. The summed E-state index contributed by atoms with van der Waals surface area (Å²) in [7, 11) is 0. The van der Waals surface area contributed by atoms with Crippen LogP contribution in [0.1, 0.15) is 17.4 Å². The summed E-state index contributed by atoms with van der Waals surface area (Å²) in [5.74, 6) is -1.04. The van der Waals surface area contributed by atoms with Crippen molar-refractivity contribution in [1.82, 2.24) is 14.8 Å². The zero-order valence-corrected chi connectivity index (χ0v) is 7.64. The number of pyridine rings is 1. The minimum atomic E-state index is -1.04. The van der Waals surface area contributed by atoms with E-state index < -0.39 is 5.97 Å². The van der Waals surface area contributed by atoms with E-state index in [1.165, 1.54) is 0 Å². The summed E-state index contributed by atoms with van der Waals surface area (Å²) in [6.07, 6.45) is 1.57. The van der Waals surface area contributed by atoms with Crippen LogP contribution in [0.25, 0.3) is 11.0 Å². The van der Waals surface area contributed by atoms with Gasteiger partial charge in [-0.05, 0) is 19.1 Å². The number of aromatic carboxylic acids is 1. The van der Waals surface area contributed by atoms with Crippen molar-refractivity contribution in [3.63, 3.8) is 0 Å². The molecule has 0 aliphatic heterocycles. The lowest BCUT2D eigenvalue weighted by atomic mass is 10.3. The average Bonchev–Trinajstić information content (AvgIpc) is 2.56. The molecule has 0 unspecified atom stereocenters. The molecule has 5 nitrogen and oxygen atoms in total. The summed E-state index contributed by atoms with van der Waals surface area (Å²) in [6.45, 7) is 2.54. The molecule has 2 aromatic rings. The minimum absolute atomic E-state index is 0.0162. The van der Waals surface area contributed by atoms with E-state index in [0.29, 0.717) is 12.1 Å². The number of aryl methyl sites for hydroxylation is 1. The molecule has 0 saturated carbocycles. The van der Waals surface area contributed by atoms with E-state index >= 15 is 0 Å². The van der Waals surface area contributed by atoms with Gasteiger partial charge in [0.15, 0.2) is 5.69 Å². The van der Waals surface area contributed by atoms with Gasteiger partial charge in [0.25, 0.3) is 0 Å². The largest absolute Gasteiger partial charge is 0.476 e. The van der Waals surface area contributed by atoms with Crippen LogP contribution in [0.4, 0.5) is 0 Å². The van der Waals surface area contributed by atoms with Gasteiger partial charge in [-0.3, -0.25) is 9.67 Å². The van der Waals surface area contributed by atoms with Crippen molar-refractivity contribution in [2.24, 2.45) is 0 Å². The van der Waals surface area contributed by atoms with Gasteiger partial charge in [-0.2, -0.15) is 5.10 Å². The third kappa shape index (κ3) is 1.14. The Morgan fingerprint density at radius 1 is 1.64 bits per heavy atom. The molecule has 2 rings (SSSR count). The molecular formula is C9H9N3O2. The second-order valence-corrected chi connectivity index (χ2v) is 2.84. The average molecular weight is 191 g/mol. The number of carbonyl (C=O) groups is 1. The third-order valence-corrected chi connectivity index (χ3v) is 2.01. The molecule has 0 aromatic carbocycles. The third-order valence-electron chi connectivity index (χ3n) is 2.01. The van der Waals surface area contributed by atoms with E-state index in [9.17, 15) is 4.79 Å². The van der Waals surface area contributed by atoms with Crippen LogP contribution in [0.15, 0.2) is 18.3 Å². The standard InChI is InChI=1S/C9H9N3O2/c1-2-12-6-4-3-5-10-7(6)8(11-12)9(13)14/h3-5H,2H2,1H3,(H,13,14). The molecule has 0 radical (unpaired) electrons. The fourth-order valence-electron chi connectivity index (χ4n) is 1.39. The van der Waals surface area contributed by atoms with E-state index in [1.807, 2.05) is 13.0 Å². The number of aromatic nitrogens is 3. The number of carboxylic acid groups (broad SMARTS) is 1. The van der Waals surface area contributed by atoms with E-state index in [-0.39, 0.29) is 5.69 Å². The van der Waals surface area contributed by atoms with Gasteiger partial charge in [0.1, 0.15) is 5.52 Å². The summed E-state index contributed by atoms with van der Waals surface area (Å²) in [6, 6.07) is 3.58. The highest BCUT2D eigenvalue weighted by Crippen LogP contribution is 2.15. The first kappa shape index (κ1) is 8.68. The second kappa shape index (κ2) is 3.10. The van der Waals surface area contributed by atoms with Gasteiger partial charge in [-0.25, -0.2) is 4.79 Å². The Hall–Kier alpha value is -1.91. The lowest BCUT2D eigenvalue weighted by Gasteiger charge is -1.94. The first-order chi connectivity index (χ1) is 6.74. The Kier molecular flexibility index (Phi) is 1.92. The number of hydrogen-bond donors (Lipinski definition) is 1. The quantitative estimate of drug-likeness (QED) is 0.773. The van der Waals surface area contributed by atoms with Crippen molar-refractivity contribution in [2.75, 3.05) is 0 Å². The Morgan fingerprint density at radius 2 is 2.43 bits per heavy atom. The Morgan fingerprint density at radius 3 is 3.07 bits per heavy atom. The highest BCUT2D eigenvalue weighted by Gasteiger charge is 2.15. The molecule has 0 bridgehead atoms. The molecule has 0 spiro atoms. The highest BCUT2D eigenvalue weighted by molar-refractivity contribution is 5.99. The first-order valence-corrected chi connectivity index (χ1v) is 4.29. The second-order valence-electron chi connectivity index (χ2n) is 2.84. The molecular weight excluding hydrogens is 182 g/mol. The summed E-state index contributed by atoms with van der Waals surface area (Å²) in [4.78, 5) is 14.8. The summed E-state index contributed by atoms with van der Waals surface area (Å²) < 4.78 is 1.63. The van der Waals surface area contributed by atoms with Gasteiger partial charge in [0.05, 0.1) is 5.52 Å². The topological polar surface area (TPSA) is 68.0 Å². The van der Waals surface area contributed by atoms with Gasteiger partial charge in [-0.1, -0.05) is 0 Å². The van der Waals surface area contributed by atoms with Crippen LogP contribution in [0, 0.1) is 0 Å². The van der Waals surface area contributed by atoms with Crippen LogP contribution >= 0.6 is 0 Å². The zero-order chi connectivity index (χ0) is 10.1. The molecule has 0 amide bonds. The molecule has 0 aliphatic rings. The summed E-state index contributed by atoms with van der Waals surface area (Å²) in [5.41, 5.74) is 1.22. The number of fused-ring (bicyclic) bond motifs is 1. The highest BCUT2D eigenvalue weighted by atomic mass is 16.4. The molecule has 0 atom stereocenters. The number of rotatable bonds is 2. The van der Waals surface area contributed by atoms with Crippen molar-refractivity contribution >= 4 is 17.0 Å². The molecule has 0 fully saturated rings. The van der Waals surface area contributed by atoms with E-state index in [2.05, 4.69) is 10.1 Å². The Balaban J connectivity index is 2.80. The van der Waals surface area contributed by atoms with Gasteiger partial charge >= 0.3 is 5.97 Å². The maximum absolute atomic E-state index is 10.8. The normalized spacial score (nSPS) is 10.6. The van der Waals surface area contributed by atoms with Crippen molar-refractivity contribution in [3.05, 3.63) is 24.0 Å². The summed E-state index contributed by atoms with van der Waals surface area (Å²) in [5, 5.41) is 12.8. The van der Waals surface area contributed by atoms with E-state index in [1.54, 1.807) is 16.9 Å². The Bertz CT molecular complexity index is 490. The van der Waals surface area contributed by atoms with Gasteiger partial charge in [0.2, 0.25) is 0 Å². The molecule has 72 valence electrons. The maximum Gasteiger partial charge on any atom is 0.358 e. The predicted octanol–water partition coefficient (Wildman–Crippen LogP) is 1.15. The van der Waals surface area contributed by atoms with Crippen molar-refractivity contribution in [3.8, 4) is 0 Å². The predicted molar refractivity (Wildman–Crippen MR) is 50.2 cm³/mol. The molecule has 2 aromatic heterocycles. The molecule has 5 heteroatoms. The van der Waals surface area contributed by atoms with E-state index in [4.69, 9.17) is 5.11 Å². The first-order valence-electron chi connectivity index (χ1n) is 4.29. The maximum atomic E-state index is 10.8. The Labute approximate surface area is 80.0 Å². The lowest BCUT2D eigenvalue weighted by Crippen LogP contribution is -2.01. The van der Waals surface area contributed by atoms with E-state index in [0.717, 1.165) is 5.52 Å².